The molecule has 9 aromatic rings. The standard InChI is InChI=1S/C24H27NO2.C24H27NO.C23H25NO/c1-14-8-17-18-9-15(2)24(27-4)12-21(18)22-13-25-7-5-6-16(25)10-19(22)20(17)11-23(14)26-3;1-15-7-8-18-19(10-15)20-11-16(2)24(26-3)13-22(20)21-12-17-6-4-5-9-25(17)14-23(18)21;1-14-6-7-17-18(9-14)19-10-15(2)23(25-3)12-21(19)20-11-16-5-4-8-24(16)13-22(17)20/h8-9,11-12,16H,5-7,10,13H2,1-4H3;7-8,10-11,13,17H,4-6,9,12,14H2,1-3H3;6-7,9-10,12,16H,4-5,8,11,13H2,1-3H3/t16-;17-;16-/m111/s1. The SMILES string of the molecule is COc1cc2c3c(c4cc(OC)c(C)cc4c2cc1C)CN1CCC[C@@H]1C3.COc1cc2c3c(c4ccc(C)cc4c2cc1C)CN1CCCC[C@@H]1C3.COc1cc2c3c(c4ccc(C)cc4c2cc1C)CN1CCC[C@@H]1C3. The molecule has 402 valence electrons. The molecule has 15 rings (SSSR count). The van der Waals surface area contributed by atoms with Crippen LogP contribution < -0.4 is 18.9 Å². The monoisotopic (exact) mass is 1040 g/mol. The van der Waals surface area contributed by atoms with Gasteiger partial charge in [0.25, 0.3) is 0 Å². The third-order valence-corrected chi connectivity index (χ3v) is 19.6. The Morgan fingerprint density at radius 3 is 0.949 bits per heavy atom. The first-order chi connectivity index (χ1) is 37.9. The molecule has 0 N–H and O–H groups in total. The smallest absolute Gasteiger partial charge is 0.122 e. The van der Waals surface area contributed by atoms with E-state index in [-0.39, 0.29) is 0 Å². The van der Waals surface area contributed by atoms with Gasteiger partial charge in [0, 0.05) is 37.8 Å². The van der Waals surface area contributed by atoms with E-state index in [0.717, 1.165) is 61.1 Å². The number of fused-ring (bicyclic) bond motifs is 21. The molecule has 7 nitrogen and oxygen atoms in total. The second-order valence-corrected chi connectivity index (χ2v) is 24.2. The summed E-state index contributed by atoms with van der Waals surface area (Å²) < 4.78 is 22.7. The molecule has 3 saturated heterocycles. The summed E-state index contributed by atoms with van der Waals surface area (Å²) in [5.41, 5.74) is 16.7. The maximum absolute atomic E-state index is 5.68. The molecule has 7 heteroatoms. The first kappa shape index (κ1) is 51.1. The molecule has 6 aliphatic rings. The highest BCUT2D eigenvalue weighted by atomic mass is 16.5. The summed E-state index contributed by atoms with van der Waals surface area (Å²) in [5, 5.41) is 16.7. The molecule has 0 saturated carbocycles. The molecule has 0 bridgehead atoms. The number of hydrogen-bond donors (Lipinski definition) is 0. The van der Waals surface area contributed by atoms with E-state index in [2.05, 4.69) is 141 Å². The van der Waals surface area contributed by atoms with Crippen LogP contribution in [0.3, 0.4) is 0 Å². The van der Waals surface area contributed by atoms with Crippen molar-refractivity contribution in [3.63, 3.8) is 0 Å². The van der Waals surface area contributed by atoms with E-state index in [9.17, 15) is 0 Å². The highest BCUT2D eigenvalue weighted by Gasteiger charge is 2.35. The first-order valence-corrected chi connectivity index (χ1v) is 29.3. The largest absolute Gasteiger partial charge is 0.496 e. The fourth-order valence-corrected chi connectivity index (χ4v) is 15.5. The molecule has 0 radical (unpaired) electrons. The Hall–Kier alpha value is -6.38. The lowest BCUT2D eigenvalue weighted by atomic mass is 9.82. The molecule has 0 spiro atoms. The van der Waals surface area contributed by atoms with Crippen molar-refractivity contribution in [3.8, 4) is 23.0 Å². The van der Waals surface area contributed by atoms with Crippen molar-refractivity contribution < 1.29 is 18.9 Å². The lowest BCUT2D eigenvalue weighted by Crippen LogP contribution is -2.43. The lowest BCUT2D eigenvalue weighted by molar-refractivity contribution is 0.128. The second-order valence-electron chi connectivity index (χ2n) is 24.2. The predicted molar refractivity (Wildman–Crippen MR) is 325 cm³/mol. The summed E-state index contributed by atoms with van der Waals surface area (Å²) in [6.07, 6.45) is 12.9. The quantitative estimate of drug-likeness (QED) is 0.163. The number of piperidine rings is 1. The van der Waals surface area contributed by atoms with E-state index < -0.39 is 0 Å². The summed E-state index contributed by atoms with van der Waals surface area (Å²) in [4.78, 5) is 8.09. The van der Waals surface area contributed by atoms with Crippen LogP contribution in [0.2, 0.25) is 0 Å². The van der Waals surface area contributed by atoms with E-state index in [0.29, 0.717) is 6.04 Å². The molecule has 78 heavy (non-hydrogen) atoms. The fourth-order valence-electron chi connectivity index (χ4n) is 15.5. The number of benzene rings is 9. The molecule has 6 aliphatic heterocycles. The van der Waals surface area contributed by atoms with Crippen LogP contribution in [0.5, 0.6) is 23.0 Å². The third kappa shape index (κ3) is 8.65. The van der Waals surface area contributed by atoms with Crippen molar-refractivity contribution in [1.82, 2.24) is 14.7 Å². The summed E-state index contributed by atoms with van der Waals surface area (Å²) in [6.45, 7) is 20.0. The van der Waals surface area contributed by atoms with Gasteiger partial charge in [0.05, 0.1) is 28.4 Å². The summed E-state index contributed by atoms with van der Waals surface area (Å²) >= 11 is 0. The summed E-state index contributed by atoms with van der Waals surface area (Å²) in [7, 11) is 7.11. The summed E-state index contributed by atoms with van der Waals surface area (Å²) in [6, 6.07) is 34.5. The normalized spacial score (nSPS) is 19.8. The van der Waals surface area contributed by atoms with Gasteiger partial charge < -0.3 is 18.9 Å². The van der Waals surface area contributed by atoms with E-state index in [4.69, 9.17) is 18.9 Å². The van der Waals surface area contributed by atoms with Crippen LogP contribution in [0.25, 0.3) is 64.6 Å². The number of ether oxygens (including phenoxy) is 4. The van der Waals surface area contributed by atoms with Gasteiger partial charge in [0.15, 0.2) is 0 Å². The van der Waals surface area contributed by atoms with Crippen molar-refractivity contribution in [2.24, 2.45) is 0 Å². The van der Waals surface area contributed by atoms with E-state index in [1.807, 2.05) is 0 Å². The van der Waals surface area contributed by atoms with Crippen molar-refractivity contribution in [3.05, 3.63) is 152 Å². The highest BCUT2D eigenvalue weighted by molar-refractivity contribution is 6.14. The van der Waals surface area contributed by atoms with Gasteiger partial charge in [0.2, 0.25) is 0 Å². The van der Waals surface area contributed by atoms with Crippen molar-refractivity contribution in [1.29, 1.82) is 0 Å². The molecule has 0 aliphatic carbocycles. The molecule has 0 amide bonds. The summed E-state index contributed by atoms with van der Waals surface area (Å²) in [5.74, 6) is 3.99. The van der Waals surface area contributed by atoms with Gasteiger partial charge in [-0.3, -0.25) is 14.7 Å². The van der Waals surface area contributed by atoms with Crippen LogP contribution in [-0.2, 0) is 38.9 Å². The van der Waals surface area contributed by atoms with Gasteiger partial charge in [-0.25, -0.2) is 0 Å². The number of aryl methyl sites for hydroxylation is 6. The van der Waals surface area contributed by atoms with Crippen LogP contribution in [0.15, 0.2) is 84.9 Å². The highest BCUT2D eigenvalue weighted by Crippen LogP contribution is 2.46. The van der Waals surface area contributed by atoms with Crippen molar-refractivity contribution in [2.75, 3.05) is 48.1 Å². The zero-order valence-corrected chi connectivity index (χ0v) is 48.1. The Morgan fingerprint density at radius 1 is 0.308 bits per heavy atom. The Balaban J connectivity index is 0.000000111. The third-order valence-electron chi connectivity index (χ3n) is 19.6. The number of rotatable bonds is 4. The Labute approximate surface area is 462 Å². The minimum atomic E-state index is 0.692. The number of hydrogen-bond acceptors (Lipinski definition) is 7. The Morgan fingerprint density at radius 2 is 0.603 bits per heavy atom. The molecular weight excluding hydrogens is 959 g/mol. The van der Waals surface area contributed by atoms with Crippen LogP contribution in [0.4, 0.5) is 0 Å². The predicted octanol–water partition coefficient (Wildman–Crippen LogP) is 15.8. The molecule has 0 aromatic heterocycles. The molecular formula is C71H79N3O4. The van der Waals surface area contributed by atoms with E-state index >= 15 is 0 Å². The number of methoxy groups -OCH3 is 4. The van der Waals surface area contributed by atoms with Crippen LogP contribution in [-0.4, -0.2) is 80.9 Å². The van der Waals surface area contributed by atoms with E-state index in [1.54, 1.807) is 50.7 Å². The maximum Gasteiger partial charge on any atom is 0.122 e. The minimum Gasteiger partial charge on any atom is -0.496 e. The first-order valence-electron chi connectivity index (χ1n) is 29.3. The molecule has 6 heterocycles. The second kappa shape index (κ2) is 20.4. The van der Waals surface area contributed by atoms with Crippen molar-refractivity contribution in [2.45, 2.75) is 144 Å². The van der Waals surface area contributed by atoms with Gasteiger partial charge in [-0.2, -0.15) is 0 Å². The topological polar surface area (TPSA) is 46.6 Å². The minimum absolute atomic E-state index is 0.692. The zero-order valence-electron chi connectivity index (χ0n) is 48.1. The Kier molecular flexibility index (Phi) is 13.3. The van der Waals surface area contributed by atoms with Gasteiger partial charge in [-0.05, 0) is 288 Å². The molecule has 3 fully saturated rings. The molecule has 3 atom stereocenters. The number of nitrogens with zero attached hydrogens (tertiary/aromatic N) is 3. The average Bonchev–Trinajstić information content (AvgIpc) is 4.17. The maximum atomic E-state index is 5.68. The average molecular weight is 1040 g/mol. The van der Waals surface area contributed by atoms with E-state index in [1.165, 1.54) is 187 Å². The Bertz CT molecular complexity index is 3810. The van der Waals surface area contributed by atoms with Gasteiger partial charge >= 0.3 is 0 Å². The van der Waals surface area contributed by atoms with Gasteiger partial charge in [-0.15, -0.1) is 0 Å². The van der Waals surface area contributed by atoms with Crippen LogP contribution in [0.1, 0.15) is 112 Å². The van der Waals surface area contributed by atoms with Crippen LogP contribution >= 0.6 is 0 Å². The van der Waals surface area contributed by atoms with Crippen molar-refractivity contribution >= 4 is 64.6 Å². The molecule has 9 aromatic carbocycles. The van der Waals surface area contributed by atoms with Crippen LogP contribution in [0, 0.1) is 41.5 Å². The van der Waals surface area contributed by atoms with Gasteiger partial charge in [-0.1, -0.05) is 53.9 Å². The van der Waals surface area contributed by atoms with Gasteiger partial charge in [0.1, 0.15) is 23.0 Å². The fraction of sp³-hybridized carbons (Fsp3) is 0.408. The molecule has 0 unspecified atom stereocenters. The lowest BCUT2D eigenvalue weighted by Gasteiger charge is -2.41. The zero-order chi connectivity index (χ0) is 53.7.